The van der Waals surface area contributed by atoms with Crippen molar-refractivity contribution in [1.29, 1.82) is 0 Å². The van der Waals surface area contributed by atoms with Gasteiger partial charge in [-0.05, 0) is 51.3 Å². The van der Waals surface area contributed by atoms with Gasteiger partial charge in [-0.15, -0.1) is 0 Å². The Morgan fingerprint density at radius 2 is 1.28 bits per heavy atom. The number of phenolic OH excluding ortho intramolecular Hbond substituents is 3. The lowest BCUT2D eigenvalue weighted by Gasteiger charge is -2.02. The molecule has 0 spiro atoms. The molecule has 0 radical (unpaired) electrons. The van der Waals surface area contributed by atoms with Gasteiger partial charge in [-0.25, -0.2) is 0 Å². The van der Waals surface area contributed by atoms with Crippen LogP contribution in [-0.2, 0) is 0 Å². The summed E-state index contributed by atoms with van der Waals surface area (Å²) in [5.74, 6) is 0.187. The van der Waals surface area contributed by atoms with Crippen molar-refractivity contribution >= 4 is 28.1 Å². The Morgan fingerprint density at radius 3 is 1.83 bits per heavy atom. The van der Waals surface area contributed by atoms with Crippen molar-refractivity contribution in [3.63, 3.8) is 0 Å². The highest BCUT2D eigenvalue weighted by molar-refractivity contribution is 9.10. The van der Waals surface area contributed by atoms with Crippen molar-refractivity contribution in [3.05, 3.63) is 52.0 Å². The molecular weight excluding hydrogens is 296 g/mol. The summed E-state index contributed by atoms with van der Waals surface area (Å²) in [5, 5.41) is 28.2. The number of hydrogen-bond acceptors (Lipinski definition) is 3. The van der Waals surface area contributed by atoms with E-state index in [-0.39, 0.29) is 21.7 Å². The summed E-state index contributed by atoms with van der Waals surface area (Å²) in [6.07, 6.45) is 3.58. The molecule has 3 N–H and O–H groups in total. The molecule has 0 aliphatic heterocycles. The van der Waals surface area contributed by atoms with E-state index < -0.39 is 0 Å². The molecule has 0 saturated heterocycles. The minimum absolute atomic E-state index is 0.0136. The Kier molecular flexibility index (Phi) is 3.58. The number of phenols is 3. The molecule has 0 saturated carbocycles. The molecule has 0 heterocycles. The maximum Gasteiger partial charge on any atom is 0.134 e. The molecule has 4 heteroatoms. The molecule has 2 rings (SSSR count). The summed E-state index contributed by atoms with van der Waals surface area (Å²) >= 11 is 3.07. The Labute approximate surface area is 113 Å². The summed E-state index contributed by atoms with van der Waals surface area (Å²) < 4.78 is 0.282. The van der Waals surface area contributed by atoms with Crippen LogP contribution in [0.25, 0.3) is 12.2 Å². The number of rotatable bonds is 2. The van der Waals surface area contributed by atoms with Crippen LogP contribution < -0.4 is 0 Å². The molecule has 0 amide bonds. The summed E-state index contributed by atoms with van der Waals surface area (Å²) in [5.41, 5.74) is 1.59. The van der Waals surface area contributed by atoms with Gasteiger partial charge in [-0.3, -0.25) is 0 Å². The maximum atomic E-state index is 9.54. The first kappa shape index (κ1) is 12.5. The quantitative estimate of drug-likeness (QED) is 0.741. The highest BCUT2D eigenvalue weighted by Crippen LogP contribution is 2.34. The normalized spacial score (nSPS) is 10.9. The minimum atomic E-state index is -0.0136. The van der Waals surface area contributed by atoms with Gasteiger partial charge in [0.05, 0.1) is 0 Å². The van der Waals surface area contributed by atoms with Crippen molar-refractivity contribution < 1.29 is 15.3 Å². The van der Waals surface area contributed by atoms with Gasteiger partial charge in [0.2, 0.25) is 0 Å². The molecular formula is C14H11BrO3. The first-order chi connectivity index (χ1) is 8.56. The van der Waals surface area contributed by atoms with Crippen LogP contribution in [0, 0.1) is 0 Å². The Morgan fingerprint density at radius 1 is 0.778 bits per heavy atom. The lowest BCUT2D eigenvalue weighted by atomic mass is 10.1. The molecule has 0 aliphatic rings. The molecule has 0 atom stereocenters. The summed E-state index contributed by atoms with van der Waals surface area (Å²) in [6, 6.07) is 9.81. The second kappa shape index (κ2) is 5.14. The van der Waals surface area contributed by atoms with Gasteiger partial charge >= 0.3 is 0 Å². The van der Waals surface area contributed by atoms with E-state index in [2.05, 4.69) is 15.9 Å². The topological polar surface area (TPSA) is 60.7 Å². The number of benzene rings is 2. The first-order valence-electron chi connectivity index (χ1n) is 5.25. The fraction of sp³-hybridized carbons (Fsp3) is 0. The molecule has 3 nitrogen and oxygen atoms in total. The van der Waals surface area contributed by atoms with Crippen LogP contribution in [0.15, 0.2) is 40.9 Å². The van der Waals surface area contributed by atoms with Crippen LogP contribution in [0.1, 0.15) is 11.1 Å². The minimum Gasteiger partial charge on any atom is -0.508 e. The second-order valence-electron chi connectivity index (χ2n) is 3.80. The van der Waals surface area contributed by atoms with Crippen LogP contribution in [0.2, 0.25) is 0 Å². The molecule has 0 aliphatic carbocycles. The summed E-state index contributed by atoms with van der Waals surface area (Å²) in [6.45, 7) is 0. The molecule has 92 valence electrons. The monoisotopic (exact) mass is 306 g/mol. The number of halogens is 1. The smallest absolute Gasteiger partial charge is 0.134 e. The van der Waals surface area contributed by atoms with Crippen molar-refractivity contribution in [3.8, 4) is 17.2 Å². The number of hydrogen-bond donors (Lipinski definition) is 3. The highest BCUT2D eigenvalue weighted by Gasteiger charge is 2.04. The third-order valence-corrected chi connectivity index (χ3v) is 3.23. The predicted molar refractivity (Wildman–Crippen MR) is 74.5 cm³/mol. The first-order valence-corrected chi connectivity index (χ1v) is 6.04. The maximum absolute atomic E-state index is 9.54. The zero-order chi connectivity index (χ0) is 13.1. The molecule has 0 bridgehead atoms. The van der Waals surface area contributed by atoms with Crippen molar-refractivity contribution in [1.82, 2.24) is 0 Å². The van der Waals surface area contributed by atoms with Crippen LogP contribution in [0.3, 0.4) is 0 Å². The zero-order valence-corrected chi connectivity index (χ0v) is 10.9. The van der Waals surface area contributed by atoms with Crippen molar-refractivity contribution in [2.75, 3.05) is 0 Å². The third-order valence-electron chi connectivity index (χ3n) is 2.42. The van der Waals surface area contributed by atoms with Gasteiger partial charge in [0, 0.05) is 0 Å². The van der Waals surface area contributed by atoms with Crippen molar-refractivity contribution in [2.24, 2.45) is 0 Å². The molecule has 0 aromatic heterocycles. The SMILES string of the molecule is Oc1ccc(/C=C/c2cc(O)c(Br)c(O)c2)cc1. The second-order valence-corrected chi connectivity index (χ2v) is 4.59. The zero-order valence-electron chi connectivity index (χ0n) is 9.34. The van der Waals surface area contributed by atoms with Crippen LogP contribution in [-0.4, -0.2) is 15.3 Å². The fourth-order valence-corrected chi connectivity index (χ4v) is 1.72. The molecule has 2 aromatic carbocycles. The van der Waals surface area contributed by atoms with E-state index in [0.29, 0.717) is 5.56 Å². The summed E-state index contributed by atoms with van der Waals surface area (Å²) in [4.78, 5) is 0. The van der Waals surface area contributed by atoms with E-state index in [9.17, 15) is 10.2 Å². The van der Waals surface area contributed by atoms with E-state index in [1.54, 1.807) is 42.5 Å². The van der Waals surface area contributed by atoms with Crippen LogP contribution in [0.4, 0.5) is 0 Å². The number of aromatic hydroxyl groups is 3. The van der Waals surface area contributed by atoms with Gasteiger partial charge in [-0.2, -0.15) is 0 Å². The fourth-order valence-electron chi connectivity index (χ4n) is 1.49. The van der Waals surface area contributed by atoms with E-state index in [4.69, 9.17) is 5.11 Å². The standard InChI is InChI=1S/C14H11BrO3/c15-14-12(17)7-10(8-13(14)18)2-1-9-3-5-11(16)6-4-9/h1-8,16-18H/b2-1+. The average molecular weight is 307 g/mol. The Hall–Kier alpha value is -1.94. The van der Waals surface area contributed by atoms with E-state index in [1.165, 1.54) is 0 Å². The largest absolute Gasteiger partial charge is 0.508 e. The van der Waals surface area contributed by atoms with E-state index >= 15 is 0 Å². The van der Waals surface area contributed by atoms with Gasteiger partial charge in [0.1, 0.15) is 21.7 Å². The van der Waals surface area contributed by atoms with E-state index in [1.807, 2.05) is 6.08 Å². The Bertz CT molecular complexity index is 565. The van der Waals surface area contributed by atoms with Crippen LogP contribution in [0.5, 0.6) is 17.2 Å². The Balaban J connectivity index is 2.26. The molecule has 2 aromatic rings. The van der Waals surface area contributed by atoms with Gasteiger partial charge < -0.3 is 15.3 Å². The van der Waals surface area contributed by atoms with Gasteiger partial charge in [0.25, 0.3) is 0 Å². The average Bonchev–Trinajstić information content (AvgIpc) is 2.35. The van der Waals surface area contributed by atoms with Crippen LogP contribution >= 0.6 is 15.9 Å². The predicted octanol–water partition coefficient (Wildman–Crippen LogP) is 3.74. The lowest BCUT2D eigenvalue weighted by molar-refractivity contribution is 0.444. The lowest BCUT2D eigenvalue weighted by Crippen LogP contribution is -1.77. The van der Waals surface area contributed by atoms with Gasteiger partial charge in [0.15, 0.2) is 0 Å². The molecule has 0 unspecified atom stereocenters. The van der Waals surface area contributed by atoms with Crippen molar-refractivity contribution in [2.45, 2.75) is 0 Å². The highest BCUT2D eigenvalue weighted by atomic mass is 79.9. The third kappa shape index (κ3) is 2.84. The van der Waals surface area contributed by atoms with E-state index in [0.717, 1.165) is 5.56 Å². The van der Waals surface area contributed by atoms with Gasteiger partial charge in [-0.1, -0.05) is 24.3 Å². The molecule has 0 fully saturated rings. The summed E-state index contributed by atoms with van der Waals surface area (Å²) in [7, 11) is 0. The molecule has 18 heavy (non-hydrogen) atoms.